The predicted molar refractivity (Wildman–Crippen MR) is 68.2 cm³/mol. The lowest BCUT2D eigenvalue weighted by Gasteiger charge is -2.15. The minimum absolute atomic E-state index is 0.196. The maximum Gasteiger partial charge on any atom is 0.240 e. The van der Waals surface area contributed by atoms with Crippen molar-refractivity contribution in [1.82, 2.24) is 9.71 Å². The Hall–Kier alpha value is -1.14. The lowest BCUT2D eigenvalue weighted by Crippen LogP contribution is -2.31. The molecule has 0 spiro atoms. The number of sulfonamides is 1. The van der Waals surface area contributed by atoms with Crippen molar-refractivity contribution < 1.29 is 8.42 Å². The third-order valence-corrected chi connectivity index (χ3v) is 5.41. The molecule has 2 fully saturated rings. The van der Waals surface area contributed by atoms with Gasteiger partial charge in [-0.15, -0.1) is 0 Å². The van der Waals surface area contributed by atoms with Gasteiger partial charge in [0.15, 0.2) is 0 Å². The fourth-order valence-electron chi connectivity index (χ4n) is 2.50. The van der Waals surface area contributed by atoms with E-state index in [2.05, 4.69) is 9.71 Å². The first kappa shape index (κ1) is 11.9. The zero-order valence-corrected chi connectivity index (χ0v) is 10.9. The fraction of sp³-hybridized carbons (Fsp3) is 0.583. The average molecular weight is 267 g/mol. The molecule has 0 bridgehead atoms. The van der Waals surface area contributed by atoms with Crippen molar-refractivity contribution in [2.45, 2.75) is 30.6 Å². The zero-order chi connectivity index (χ0) is 12.8. The van der Waals surface area contributed by atoms with E-state index in [9.17, 15) is 8.42 Å². The van der Waals surface area contributed by atoms with Gasteiger partial charge in [0.05, 0.1) is 4.90 Å². The summed E-state index contributed by atoms with van der Waals surface area (Å²) in [7, 11) is -3.45. The molecular formula is C12H17N3O2S. The molecule has 1 aromatic rings. The fourth-order valence-corrected chi connectivity index (χ4v) is 3.66. The second-order valence-corrected chi connectivity index (χ2v) is 7.14. The largest absolute Gasteiger partial charge is 0.384 e. The molecule has 0 aromatic carbocycles. The molecule has 0 atom stereocenters. The second-order valence-electron chi connectivity index (χ2n) is 5.38. The van der Waals surface area contributed by atoms with Crippen molar-refractivity contribution in [1.29, 1.82) is 0 Å². The Morgan fingerprint density at radius 2 is 2.17 bits per heavy atom. The first-order valence-corrected chi connectivity index (χ1v) is 7.71. The van der Waals surface area contributed by atoms with Crippen LogP contribution >= 0.6 is 0 Å². The Balaban J connectivity index is 1.71. The van der Waals surface area contributed by atoms with Gasteiger partial charge in [0.2, 0.25) is 10.0 Å². The maximum atomic E-state index is 12.1. The van der Waals surface area contributed by atoms with Crippen LogP contribution in [0.4, 0.5) is 5.82 Å². The van der Waals surface area contributed by atoms with E-state index in [0.29, 0.717) is 6.54 Å². The number of hydrogen-bond acceptors (Lipinski definition) is 4. The highest BCUT2D eigenvalue weighted by Gasteiger charge is 2.53. The molecule has 3 N–H and O–H groups in total. The molecule has 6 heteroatoms. The first-order chi connectivity index (χ1) is 8.52. The lowest BCUT2D eigenvalue weighted by atomic mass is 10.0. The monoisotopic (exact) mass is 267 g/mol. The van der Waals surface area contributed by atoms with E-state index < -0.39 is 10.0 Å². The summed E-state index contributed by atoms with van der Waals surface area (Å²) in [4.78, 5) is 3.99. The average Bonchev–Trinajstić information content (AvgIpc) is 3.18. The van der Waals surface area contributed by atoms with Crippen molar-refractivity contribution in [2.75, 3.05) is 12.3 Å². The van der Waals surface area contributed by atoms with E-state index in [-0.39, 0.29) is 16.1 Å². The van der Waals surface area contributed by atoms with Crippen molar-refractivity contribution in [2.24, 2.45) is 11.3 Å². The standard InChI is InChI=1S/C12H17N3O2S/c13-11-7-10(3-6-14-11)18(16,17)15-8-12(4-5-12)9-1-2-9/h3,6-7,9,15H,1-2,4-5,8H2,(H2,13,14). The van der Waals surface area contributed by atoms with Crippen molar-refractivity contribution in [3.8, 4) is 0 Å². The van der Waals surface area contributed by atoms with E-state index in [1.807, 2.05) is 0 Å². The van der Waals surface area contributed by atoms with Crippen molar-refractivity contribution >= 4 is 15.8 Å². The summed E-state index contributed by atoms with van der Waals surface area (Å²) in [5, 5.41) is 0. The molecule has 0 aliphatic heterocycles. The lowest BCUT2D eigenvalue weighted by molar-refractivity contribution is 0.432. The quantitative estimate of drug-likeness (QED) is 0.837. The Kier molecular flexibility index (Phi) is 2.60. The highest BCUT2D eigenvalue weighted by Crippen LogP contribution is 2.60. The molecule has 0 radical (unpaired) electrons. The van der Waals surface area contributed by atoms with E-state index in [1.54, 1.807) is 0 Å². The summed E-state index contributed by atoms with van der Waals surface area (Å²) < 4.78 is 26.9. The van der Waals surface area contributed by atoms with Crippen LogP contribution in [0.2, 0.25) is 0 Å². The molecule has 18 heavy (non-hydrogen) atoms. The van der Waals surface area contributed by atoms with Gasteiger partial charge in [-0.3, -0.25) is 0 Å². The summed E-state index contributed by atoms with van der Waals surface area (Å²) >= 11 is 0. The van der Waals surface area contributed by atoms with Gasteiger partial charge in [-0.05, 0) is 43.1 Å². The van der Waals surface area contributed by atoms with Crippen LogP contribution in [0.25, 0.3) is 0 Å². The van der Waals surface area contributed by atoms with Gasteiger partial charge in [-0.25, -0.2) is 18.1 Å². The highest BCUT2D eigenvalue weighted by atomic mass is 32.2. The number of aromatic nitrogens is 1. The third kappa shape index (κ3) is 2.22. The smallest absolute Gasteiger partial charge is 0.240 e. The van der Waals surface area contributed by atoms with E-state index in [0.717, 1.165) is 18.8 Å². The molecule has 2 saturated carbocycles. The van der Waals surface area contributed by atoms with Gasteiger partial charge < -0.3 is 5.73 Å². The summed E-state index contributed by atoms with van der Waals surface area (Å²) in [5.74, 6) is 0.962. The summed E-state index contributed by atoms with van der Waals surface area (Å²) in [6, 6.07) is 2.86. The Morgan fingerprint density at radius 3 is 2.72 bits per heavy atom. The molecule has 2 aliphatic rings. The summed E-state index contributed by atoms with van der Waals surface area (Å²) in [5.41, 5.74) is 5.76. The topological polar surface area (TPSA) is 85.1 Å². The van der Waals surface area contributed by atoms with Crippen LogP contribution < -0.4 is 10.5 Å². The SMILES string of the molecule is Nc1cc(S(=O)(=O)NCC2(C3CC3)CC2)ccn1. The normalized spacial score (nSPS) is 21.8. The Morgan fingerprint density at radius 1 is 1.44 bits per heavy atom. The molecule has 0 amide bonds. The molecule has 0 unspecified atom stereocenters. The number of nitrogens with two attached hydrogens (primary N) is 1. The van der Waals surface area contributed by atoms with Gasteiger partial charge in [-0.2, -0.15) is 0 Å². The molecule has 1 aromatic heterocycles. The van der Waals surface area contributed by atoms with E-state index >= 15 is 0 Å². The predicted octanol–water partition coefficient (Wildman–Crippen LogP) is 1.13. The third-order valence-electron chi connectivity index (χ3n) is 4.01. The van der Waals surface area contributed by atoms with Crippen LogP contribution in [-0.4, -0.2) is 19.9 Å². The van der Waals surface area contributed by atoms with Crippen LogP contribution in [0, 0.1) is 11.3 Å². The van der Waals surface area contributed by atoms with Gasteiger partial charge >= 0.3 is 0 Å². The number of anilines is 1. The molecule has 5 nitrogen and oxygen atoms in total. The molecule has 3 rings (SSSR count). The minimum atomic E-state index is -3.45. The van der Waals surface area contributed by atoms with Gasteiger partial charge in [-0.1, -0.05) is 0 Å². The van der Waals surface area contributed by atoms with Crippen LogP contribution in [0.15, 0.2) is 23.2 Å². The summed E-state index contributed by atoms with van der Waals surface area (Å²) in [6.45, 7) is 0.558. The molecule has 2 aliphatic carbocycles. The van der Waals surface area contributed by atoms with Gasteiger partial charge in [0.1, 0.15) is 5.82 Å². The number of hydrogen-bond donors (Lipinski definition) is 2. The highest BCUT2D eigenvalue weighted by molar-refractivity contribution is 7.89. The zero-order valence-electron chi connectivity index (χ0n) is 10.1. The second kappa shape index (κ2) is 3.93. The molecule has 0 saturated heterocycles. The number of rotatable bonds is 5. The Labute approximate surface area is 107 Å². The minimum Gasteiger partial charge on any atom is -0.384 e. The molecule has 1 heterocycles. The van der Waals surface area contributed by atoms with E-state index in [1.165, 1.54) is 31.2 Å². The number of pyridine rings is 1. The number of nitrogens with one attached hydrogen (secondary N) is 1. The summed E-state index contributed by atoms with van der Waals surface area (Å²) in [6.07, 6.45) is 6.23. The van der Waals surface area contributed by atoms with Crippen molar-refractivity contribution in [3.63, 3.8) is 0 Å². The van der Waals surface area contributed by atoms with Crippen LogP contribution in [0.3, 0.4) is 0 Å². The van der Waals surface area contributed by atoms with Crippen LogP contribution in [0.1, 0.15) is 25.7 Å². The van der Waals surface area contributed by atoms with Crippen molar-refractivity contribution in [3.05, 3.63) is 18.3 Å². The van der Waals surface area contributed by atoms with E-state index in [4.69, 9.17) is 5.73 Å². The van der Waals surface area contributed by atoms with Gasteiger partial charge in [0.25, 0.3) is 0 Å². The first-order valence-electron chi connectivity index (χ1n) is 6.23. The van der Waals surface area contributed by atoms with Crippen LogP contribution in [0.5, 0.6) is 0 Å². The van der Waals surface area contributed by atoms with Crippen LogP contribution in [-0.2, 0) is 10.0 Å². The Bertz CT molecular complexity index is 562. The number of nitrogen functional groups attached to an aromatic ring is 1. The maximum absolute atomic E-state index is 12.1. The van der Waals surface area contributed by atoms with Gasteiger partial charge in [0, 0.05) is 18.8 Å². The molecule has 98 valence electrons. The number of nitrogens with zero attached hydrogens (tertiary/aromatic N) is 1. The molecular weight excluding hydrogens is 250 g/mol.